The number of nitro groups is 1. The van der Waals surface area contributed by atoms with Crippen LogP contribution in [0, 0.1) is 10.1 Å². The van der Waals surface area contributed by atoms with Gasteiger partial charge in [0, 0.05) is 11.0 Å². The monoisotopic (exact) mass is 258 g/mol. The first-order valence-corrected chi connectivity index (χ1v) is 5.37. The Morgan fingerprint density at radius 2 is 2.00 bits per heavy atom. The first-order chi connectivity index (χ1) is 6.59. The Bertz CT molecular complexity index is 296. The molecular weight excluding hydrogens is 248 g/mol. The lowest BCUT2D eigenvalue weighted by Gasteiger charge is -2.24. The lowest BCUT2D eigenvalue weighted by Crippen LogP contribution is -2.39. The van der Waals surface area contributed by atoms with E-state index in [2.05, 4.69) is 21.2 Å². The molecule has 5 heteroatoms. The van der Waals surface area contributed by atoms with Gasteiger partial charge in [0.25, 0.3) is 0 Å². The van der Waals surface area contributed by atoms with Gasteiger partial charge in [0.15, 0.2) is 0 Å². The molecule has 2 aliphatic rings. The van der Waals surface area contributed by atoms with E-state index in [0.717, 1.165) is 0 Å². The van der Waals surface area contributed by atoms with Crippen LogP contribution >= 0.6 is 15.9 Å². The summed E-state index contributed by atoms with van der Waals surface area (Å²) in [5, 5.41) is 13.8. The van der Waals surface area contributed by atoms with Crippen molar-refractivity contribution < 1.29 is 4.92 Å². The molecule has 2 rings (SSSR count). The predicted octanol–water partition coefficient (Wildman–Crippen LogP) is 1.60. The van der Waals surface area contributed by atoms with Gasteiger partial charge in [-0.2, -0.15) is 0 Å². The van der Waals surface area contributed by atoms with Crippen LogP contribution in [0.3, 0.4) is 0 Å². The van der Waals surface area contributed by atoms with Crippen LogP contribution in [0.15, 0.2) is 24.3 Å². The minimum atomic E-state index is -0.679. The van der Waals surface area contributed by atoms with Gasteiger partial charge in [-0.05, 0) is 37.1 Å². The Labute approximate surface area is 90.3 Å². The molecule has 1 N–H and O–H groups in total. The van der Waals surface area contributed by atoms with E-state index in [1.165, 1.54) is 12.8 Å². The van der Waals surface area contributed by atoms with Crippen LogP contribution < -0.4 is 5.32 Å². The minimum Gasteiger partial charge on any atom is -0.293 e. The van der Waals surface area contributed by atoms with E-state index in [4.69, 9.17) is 0 Å². The number of rotatable bonds is 3. The van der Waals surface area contributed by atoms with E-state index in [-0.39, 0.29) is 9.37 Å². The molecule has 4 nitrogen and oxygen atoms in total. The topological polar surface area (TPSA) is 55.2 Å². The molecule has 0 amide bonds. The molecule has 0 spiro atoms. The van der Waals surface area contributed by atoms with Crippen molar-refractivity contribution in [1.29, 1.82) is 0 Å². The molecule has 0 aromatic rings. The van der Waals surface area contributed by atoms with Gasteiger partial charge in [-0.15, -0.1) is 0 Å². The first-order valence-electron chi connectivity index (χ1n) is 4.58. The van der Waals surface area contributed by atoms with E-state index in [0.29, 0.717) is 6.04 Å². The Balaban J connectivity index is 2.01. The van der Waals surface area contributed by atoms with Gasteiger partial charge in [-0.25, -0.2) is 0 Å². The van der Waals surface area contributed by atoms with E-state index >= 15 is 0 Å². The molecule has 76 valence electrons. The zero-order valence-electron chi connectivity index (χ0n) is 7.52. The number of alkyl halides is 1. The number of nitrogens with one attached hydrogen (secondary N) is 1. The second kappa shape index (κ2) is 3.47. The SMILES string of the molecule is O=[N+]([O-])C1C=CC(Br)(NC2CC2)C=C1. The summed E-state index contributed by atoms with van der Waals surface area (Å²) in [4.78, 5) is 10.2. The average Bonchev–Trinajstić information content (AvgIpc) is 2.88. The van der Waals surface area contributed by atoms with Gasteiger partial charge in [-0.1, -0.05) is 15.9 Å². The Hall–Kier alpha value is -0.680. The van der Waals surface area contributed by atoms with Crippen LogP contribution in [0.5, 0.6) is 0 Å². The van der Waals surface area contributed by atoms with Crippen molar-refractivity contribution in [2.75, 3.05) is 0 Å². The normalized spacial score (nSPS) is 35.9. The maximum atomic E-state index is 10.5. The number of hydrogen-bond donors (Lipinski definition) is 1. The maximum Gasteiger partial charge on any atom is 0.249 e. The second-order valence-corrected chi connectivity index (χ2v) is 4.99. The van der Waals surface area contributed by atoms with Crippen LogP contribution in [-0.2, 0) is 0 Å². The summed E-state index contributed by atoms with van der Waals surface area (Å²) < 4.78 is -0.374. The Morgan fingerprint density at radius 1 is 1.43 bits per heavy atom. The van der Waals surface area contributed by atoms with Crippen molar-refractivity contribution in [3.8, 4) is 0 Å². The standard InChI is InChI=1S/C9H11BrN2O2/c10-9(11-7-1-2-7)5-3-8(4-6-9)12(13)14/h3-8,11H,1-2H2. The predicted molar refractivity (Wildman–Crippen MR) is 56.9 cm³/mol. The summed E-state index contributed by atoms with van der Waals surface area (Å²) in [6, 6.07) is -0.127. The fourth-order valence-corrected chi connectivity index (χ4v) is 2.00. The molecule has 0 heterocycles. The van der Waals surface area contributed by atoms with Crippen LogP contribution in [0.25, 0.3) is 0 Å². The number of hydrogen-bond acceptors (Lipinski definition) is 3. The molecule has 1 fully saturated rings. The fourth-order valence-electron chi connectivity index (χ4n) is 1.37. The Morgan fingerprint density at radius 3 is 2.43 bits per heavy atom. The molecule has 0 aromatic carbocycles. The van der Waals surface area contributed by atoms with Gasteiger partial charge >= 0.3 is 0 Å². The third-order valence-electron chi connectivity index (χ3n) is 2.32. The van der Waals surface area contributed by atoms with Gasteiger partial charge in [0.1, 0.15) is 4.45 Å². The minimum absolute atomic E-state index is 0.309. The molecule has 0 bridgehead atoms. The van der Waals surface area contributed by atoms with Crippen LogP contribution in [0.1, 0.15) is 12.8 Å². The van der Waals surface area contributed by atoms with Crippen molar-refractivity contribution in [3.63, 3.8) is 0 Å². The maximum absolute atomic E-state index is 10.5. The van der Waals surface area contributed by atoms with Crippen LogP contribution in [0.2, 0.25) is 0 Å². The molecule has 2 aliphatic carbocycles. The zero-order valence-corrected chi connectivity index (χ0v) is 9.11. The van der Waals surface area contributed by atoms with Crippen molar-refractivity contribution in [3.05, 3.63) is 34.4 Å². The lowest BCUT2D eigenvalue weighted by atomic mass is 10.1. The highest BCUT2D eigenvalue weighted by atomic mass is 79.9. The molecule has 0 saturated heterocycles. The highest BCUT2D eigenvalue weighted by Gasteiger charge is 2.33. The summed E-state index contributed by atoms with van der Waals surface area (Å²) in [6.07, 6.45) is 9.19. The van der Waals surface area contributed by atoms with Crippen molar-refractivity contribution >= 4 is 15.9 Å². The highest BCUT2D eigenvalue weighted by molar-refractivity contribution is 9.10. The van der Waals surface area contributed by atoms with Crippen LogP contribution in [-0.4, -0.2) is 21.5 Å². The summed E-state index contributed by atoms with van der Waals surface area (Å²) in [7, 11) is 0. The van der Waals surface area contributed by atoms with Gasteiger partial charge < -0.3 is 0 Å². The molecule has 0 aliphatic heterocycles. The molecule has 0 aromatic heterocycles. The Kier molecular flexibility index (Phi) is 2.45. The van der Waals surface area contributed by atoms with E-state index < -0.39 is 6.04 Å². The van der Waals surface area contributed by atoms with Gasteiger partial charge in [0.2, 0.25) is 6.04 Å². The first kappa shape index (κ1) is 9.86. The van der Waals surface area contributed by atoms with Crippen molar-refractivity contribution in [1.82, 2.24) is 5.32 Å². The summed E-state index contributed by atoms with van der Waals surface area (Å²) in [6.45, 7) is 0. The van der Waals surface area contributed by atoms with E-state index in [1.54, 1.807) is 24.3 Å². The number of nitrogens with zero attached hydrogens (tertiary/aromatic N) is 1. The van der Waals surface area contributed by atoms with Crippen molar-refractivity contribution in [2.45, 2.75) is 29.4 Å². The van der Waals surface area contributed by atoms with E-state index in [1.807, 2.05) is 0 Å². The molecule has 1 saturated carbocycles. The quantitative estimate of drug-likeness (QED) is 0.275. The second-order valence-electron chi connectivity index (χ2n) is 3.68. The largest absolute Gasteiger partial charge is 0.293 e. The molecule has 0 radical (unpaired) electrons. The fraction of sp³-hybridized carbons (Fsp3) is 0.556. The lowest BCUT2D eigenvalue weighted by molar-refractivity contribution is -0.496. The van der Waals surface area contributed by atoms with Crippen LogP contribution in [0.4, 0.5) is 0 Å². The molecular formula is C9H11BrN2O2. The number of halogens is 1. The summed E-state index contributed by atoms with van der Waals surface area (Å²) in [5.74, 6) is 0. The molecule has 0 atom stereocenters. The third-order valence-corrected chi connectivity index (χ3v) is 3.08. The average molecular weight is 259 g/mol. The summed E-state index contributed by atoms with van der Waals surface area (Å²) >= 11 is 3.51. The highest BCUT2D eigenvalue weighted by Crippen LogP contribution is 2.29. The smallest absolute Gasteiger partial charge is 0.249 e. The van der Waals surface area contributed by atoms with Gasteiger partial charge in [0.05, 0.1) is 0 Å². The third kappa shape index (κ3) is 2.22. The zero-order chi connectivity index (χ0) is 10.2. The van der Waals surface area contributed by atoms with Gasteiger partial charge in [-0.3, -0.25) is 15.4 Å². The van der Waals surface area contributed by atoms with Crippen molar-refractivity contribution in [2.24, 2.45) is 0 Å². The molecule has 14 heavy (non-hydrogen) atoms. The molecule has 0 unspecified atom stereocenters. The summed E-state index contributed by atoms with van der Waals surface area (Å²) in [5.41, 5.74) is 0. The van der Waals surface area contributed by atoms with E-state index in [9.17, 15) is 10.1 Å².